The second-order valence-corrected chi connectivity index (χ2v) is 6.20. The minimum atomic E-state index is -0.629. The average molecular weight is 317 g/mol. The number of carbonyl (C=O) groups is 2. The number of aromatic nitrogens is 2. The minimum absolute atomic E-state index is 0. The van der Waals surface area contributed by atoms with Crippen LogP contribution < -0.4 is 11.0 Å². The largest absolute Gasteiger partial charge is 0.329 e. The number of aryl methyl sites for hydroxylation is 1. The number of amides is 2. The highest BCUT2D eigenvalue weighted by atomic mass is 16.2. The molecular formula is C17H23N3O3. The number of imidazole rings is 1. The van der Waals surface area contributed by atoms with Crippen LogP contribution in [0.3, 0.4) is 0 Å². The highest BCUT2D eigenvalue weighted by Gasteiger charge is 2.31. The van der Waals surface area contributed by atoms with Crippen molar-refractivity contribution < 1.29 is 11.0 Å². The number of hydrogen-bond donors (Lipinski definition) is 1. The Morgan fingerprint density at radius 1 is 1.35 bits per heavy atom. The Hall–Kier alpha value is -2.37. The zero-order valence-electron chi connectivity index (χ0n) is 13.6. The average Bonchev–Trinajstić information content (AvgIpc) is 2.79. The van der Waals surface area contributed by atoms with Crippen molar-refractivity contribution >= 4 is 22.8 Å². The van der Waals surface area contributed by atoms with Crippen LogP contribution in [0.4, 0.5) is 0 Å². The molecule has 2 amide bonds. The van der Waals surface area contributed by atoms with E-state index in [4.69, 9.17) is 0 Å². The summed E-state index contributed by atoms with van der Waals surface area (Å²) in [6.07, 6.45) is 1.58. The molecule has 3 rings (SSSR count). The van der Waals surface area contributed by atoms with Gasteiger partial charge in [0.25, 0.3) is 0 Å². The molecule has 2 unspecified atom stereocenters. The van der Waals surface area contributed by atoms with Crippen LogP contribution in [-0.2, 0) is 16.6 Å². The predicted molar refractivity (Wildman–Crippen MR) is 89.4 cm³/mol. The molecule has 6 nitrogen and oxygen atoms in total. The lowest BCUT2D eigenvalue weighted by atomic mass is 9.97. The molecule has 2 aromatic rings. The van der Waals surface area contributed by atoms with Crippen molar-refractivity contribution in [2.24, 2.45) is 7.05 Å². The first-order chi connectivity index (χ1) is 11.0. The Labute approximate surface area is 135 Å². The van der Waals surface area contributed by atoms with Crippen molar-refractivity contribution in [3.05, 3.63) is 34.2 Å². The lowest BCUT2D eigenvalue weighted by Gasteiger charge is -2.22. The zero-order chi connectivity index (χ0) is 16.7. The highest BCUT2D eigenvalue weighted by Crippen LogP contribution is 2.29. The van der Waals surface area contributed by atoms with Gasteiger partial charge in [0, 0.05) is 14.9 Å². The maximum absolute atomic E-state index is 12.7. The zero-order valence-corrected chi connectivity index (χ0v) is 13.6. The van der Waals surface area contributed by atoms with E-state index in [9.17, 15) is 14.4 Å². The van der Waals surface area contributed by atoms with Gasteiger partial charge in [-0.05, 0) is 30.4 Å². The standard InChI is InChI=1S/C17H21N3O3.H2/c1-4-10(2)11-6-5-7-12-15(11)19(3)17(23)20(12)13-8-9-14(21)18-16(13)22;/h5-7,10,13H,4,8-9H2,1-3H3,(H,18,21,22);1H. The summed E-state index contributed by atoms with van der Waals surface area (Å²) in [5.41, 5.74) is 2.52. The minimum Gasteiger partial charge on any atom is -0.295 e. The maximum Gasteiger partial charge on any atom is 0.329 e. The molecular weight excluding hydrogens is 294 g/mol. The summed E-state index contributed by atoms with van der Waals surface area (Å²) in [6, 6.07) is 5.19. The smallest absolute Gasteiger partial charge is 0.295 e. The van der Waals surface area contributed by atoms with Crippen LogP contribution in [0.2, 0.25) is 0 Å². The lowest BCUT2D eigenvalue weighted by Crippen LogP contribution is -2.44. The Balaban J connectivity index is 0.00000208. The summed E-state index contributed by atoms with van der Waals surface area (Å²) in [4.78, 5) is 36.3. The van der Waals surface area contributed by atoms with E-state index in [0.717, 1.165) is 23.0 Å². The third kappa shape index (κ3) is 2.38. The topological polar surface area (TPSA) is 73.1 Å². The fourth-order valence-corrected chi connectivity index (χ4v) is 3.32. The summed E-state index contributed by atoms with van der Waals surface area (Å²) >= 11 is 0. The molecule has 1 fully saturated rings. The normalized spacial score (nSPS) is 19.9. The van der Waals surface area contributed by atoms with Gasteiger partial charge in [0.2, 0.25) is 11.8 Å². The molecule has 1 aliphatic heterocycles. The molecule has 2 heterocycles. The van der Waals surface area contributed by atoms with Gasteiger partial charge in [0.15, 0.2) is 0 Å². The summed E-state index contributed by atoms with van der Waals surface area (Å²) < 4.78 is 3.14. The number of benzene rings is 1. The van der Waals surface area contributed by atoms with Crippen LogP contribution in [0, 0.1) is 0 Å². The second kappa shape index (κ2) is 5.68. The first kappa shape index (κ1) is 15.5. The maximum atomic E-state index is 12.7. The van der Waals surface area contributed by atoms with Gasteiger partial charge in [-0.3, -0.25) is 24.0 Å². The van der Waals surface area contributed by atoms with Gasteiger partial charge in [-0.15, -0.1) is 0 Å². The van der Waals surface area contributed by atoms with E-state index in [0.29, 0.717) is 12.3 Å². The highest BCUT2D eigenvalue weighted by molar-refractivity contribution is 6.00. The summed E-state index contributed by atoms with van der Waals surface area (Å²) in [7, 11) is 1.74. The molecule has 1 aromatic heterocycles. The molecule has 1 aromatic carbocycles. The number of fused-ring (bicyclic) bond motifs is 1. The van der Waals surface area contributed by atoms with Gasteiger partial charge >= 0.3 is 5.69 Å². The molecule has 1 aliphatic rings. The quantitative estimate of drug-likeness (QED) is 0.881. The van der Waals surface area contributed by atoms with Gasteiger partial charge in [-0.25, -0.2) is 4.79 Å². The summed E-state index contributed by atoms with van der Waals surface area (Å²) in [5, 5.41) is 2.33. The van der Waals surface area contributed by atoms with E-state index < -0.39 is 11.9 Å². The van der Waals surface area contributed by atoms with Crippen LogP contribution >= 0.6 is 0 Å². The predicted octanol–water partition coefficient (Wildman–Crippen LogP) is 2.08. The molecule has 0 aliphatic carbocycles. The van der Waals surface area contributed by atoms with E-state index in [1.165, 1.54) is 4.57 Å². The molecule has 124 valence electrons. The molecule has 0 bridgehead atoms. The number of piperidine rings is 1. The van der Waals surface area contributed by atoms with E-state index >= 15 is 0 Å². The van der Waals surface area contributed by atoms with E-state index in [2.05, 4.69) is 19.2 Å². The first-order valence-electron chi connectivity index (χ1n) is 7.99. The molecule has 1 saturated heterocycles. The van der Waals surface area contributed by atoms with Crippen molar-refractivity contribution in [3.8, 4) is 0 Å². The van der Waals surface area contributed by atoms with Gasteiger partial charge in [-0.2, -0.15) is 0 Å². The number of para-hydroxylation sites is 1. The van der Waals surface area contributed by atoms with Crippen molar-refractivity contribution in [1.82, 2.24) is 14.5 Å². The molecule has 6 heteroatoms. The number of rotatable bonds is 3. The molecule has 1 N–H and O–H groups in total. The summed E-state index contributed by atoms with van der Waals surface area (Å²) in [5.74, 6) is -0.355. The van der Waals surface area contributed by atoms with Crippen LogP contribution in [0.15, 0.2) is 23.0 Å². The van der Waals surface area contributed by atoms with Crippen molar-refractivity contribution in [1.29, 1.82) is 0 Å². The van der Waals surface area contributed by atoms with Crippen LogP contribution in [0.1, 0.15) is 52.1 Å². The van der Waals surface area contributed by atoms with Crippen LogP contribution in [-0.4, -0.2) is 20.9 Å². The van der Waals surface area contributed by atoms with Gasteiger partial charge in [-0.1, -0.05) is 26.0 Å². The Bertz CT molecular complexity index is 853. The fourth-order valence-electron chi connectivity index (χ4n) is 3.32. The number of carbonyl (C=O) groups excluding carboxylic acids is 2. The number of hydrogen-bond acceptors (Lipinski definition) is 3. The van der Waals surface area contributed by atoms with Gasteiger partial charge < -0.3 is 0 Å². The molecule has 23 heavy (non-hydrogen) atoms. The monoisotopic (exact) mass is 317 g/mol. The third-order valence-corrected chi connectivity index (χ3v) is 4.80. The Morgan fingerprint density at radius 3 is 2.74 bits per heavy atom. The second-order valence-electron chi connectivity index (χ2n) is 6.20. The van der Waals surface area contributed by atoms with Gasteiger partial charge in [0.05, 0.1) is 11.0 Å². The van der Waals surface area contributed by atoms with Crippen molar-refractivity contribution in [2.45, 2.75) is 45.1 Å². The SMILES string of the molecule is CCC(C)c1cccc2c1n(C)c(=O)n2C1CCC(=O)NC1=O.[HH]. The van der Waals surface area contributed by atoms with E-state index in [1.807, 2.05) is 18.2 Å². The lowest BCUT2D eigenvalue weighted by molar-refractivity contribution is -0.135. The van der Waals surface area contributed by atoms with Crippen LogP contribution in [0.25, 0.3) is 11.0 Å². The van der Waals surface area contributed by atoms with Crippen molar-refractivity contribution in [2.75, 3.05) is 0 Å². The van der Waals surface area contributed by atoms with E-state index in [-0.39, 0.29) is 19.4 Å². The third-order valence-electron chi connectivity index (χ3n) is 4.80. The fraction of sp³-hybridized carbons (Fsp3) is 0.471. The number of nitrogens with one attached hydrogen (secondary N) is 1. The molecule has 0 radical (unpaired) electrons. The molecule has 0 spiro atoms. The van der Waals surface area contributed by atoms with Crippen molar-refractivity contribution in [3.63, 3.8) is 0 Å². The van der Waals surface area contributed by atoms with Crippen LogP contribution in [0.5, 0.6) is 0 Å². The molecule has 0 saturated carbocycles. The van der Waals surface area contributed by atoms with Gasteiger partial charge in [0.1, 0.15) is 6.04 Å². The first-order valence-corrected chi connectivity index (χ1v) is 7.99. The number of nitrogens with zero attached hydrogens (tertiary/aromatic N) is 2. The Morgan fingerprint density at radius 2 is 2.09 bits per heavy atom. The molecule has 2 atom stereocenters. The van der Waals surface area contributed by atoms with E-state index in [1.54, 1.807) is 11.6 Å². The number of imide groups is 1. The summed E-state index contributed by atoms with van der Waals surface area (Å²) in [6.45, 7) is 4.24. The Kier molecular flexibility index (Phi) is 3.83.